The van der Waals surface area contributed by atoms with Crippen molar-refractivity contribution in [3.8, 4) is 0 Å². The van der Waals surface area contributed by atoms with Crippen molar-refractivity contribution in [3.63, 3.8) is 0 Å². The van der Waals surface area contributed by atoms with Crippen molar-refractivity contribution >= 4 is 29.9 Å². The lowest BCUT2D eigenvalue weighted by atomic mass is 10.1. The summed E-state index contributed by atoms with van der Waals surface area (Å²) in [5, 5.41) is 5.64. The number of carbonyl (C=O) groups excluding carboxylic acids is 2. The second-order valence-electron chi connectivity index (χ2n) is 5.54. The van der Waals surface area contributed by atoms with Crippen LogP contribution < -0.4 is 16.4 Å². The number of anilines is 1. The lowest BCUT2D eigenvalue weighted by Gasteiger charge is -2.14. The molecule has 0 saturated heterocycles. The molecule has 1 unspecified atom stereocenters. The highest BCUT2D eigenvalue weighted by atomic mass is 35.5. The summed E-state index contributed by atoms with van der Waals surface area (Å²) in [7, 11) is 0. The molecule has 0 spiro atoms. The number of hydrogen-bond acceptors (Lipinski definition) is 3. The van der Waals surface area contributed by atoms with Crippen LogP contribution in [0.1, 0.15) is 49.5 Å². The first-order valence-corrected chi connectivity index (χ1v) is 7.33. The first-order valence-electron chi connectivity index (χ1n) is 7.33. The van der Waals surface area contributed by atoms with E-state index in [1.807, 2.05) is 27.7 Å². The van der Waals surface area contributed by atoms with Gasteiger partial charge in [0, 0.05) is 17.3 Å². The molecule has 0 saturated carbocycles. The van der Waals surface area contributed by atoms with Crippen molar-refractivity contribution < 1.29 is 9.59 Å². The maximum Gasteiger partial charge on any atom is 0.251 e. The molecular weight excluding hydrogens is 302 g/mol. The molecule has 1 atom stereocenters. The van der Waals surface area contributed by atoms with Gasteiger partial charge in [0.2, 0.25) is 5.91 Å². The smallest absolute Gasteiger partial charge is 0.251 e. The van der Waals surface area contributed by atoms with Gasteiger partial charge in [-0.3, -0.25) is 9.59 Å². The van der Waals surface area contributed by atoms with Crippen molar-refractivity contribution in [1.29, 1.82) is 0 Å². The third kappa shape index (κ3) is 6.03. The minimum absolute atomic E-state index is 0. The molecule has 0 aliphatic heterocycles. The van der Waals surface area contributed by atoms with E-state index < -0.39 is 6.04 Å². The molecule has 0 heterocycles. The van der Waals surface area contributed by atoms with Gasteiger partial charge in [-0.25, -0.2) is 0 Å². The van der Waals surface area contributed by atoms with Crippen molar-refractivity contribution in [3.05, 3.63) is 29.3 Å². The van der Waals surface area contributed by atoms with Gasteiger partial charge in [0.05, 0.1) is 6.04 Å². The average Bonchev–Trinajstić information content (AvgIpc) is 2.40. The van der Waals surface area contributed by atoms with E-state index in [9.17, 15) is 9.59 Å². The SMILES string of the molecule is CCCC(N)C(=O)Nc1ccc(C(=O)NC(C)C)cc1C.Cl. The Balaban J connectivity index is 0.00000441. The van der Waals surface area contributed by atoms with Crippen LogP contribution in [0.4, 0.5) is 5.69 Å². The number of benzene rings is 1. The molecule has 0 aliphatic rings. The number of hydrogen-bond donors (Lipinski definition) is 3. The molecule has 0 fully saturated rings. The van der Waals surface area contributed by atoms with Crippen molar-refractivity contribution in [1.82, 2.24) is 5.32 Å². The highest BCUT2D eigenvalue weighted by Crippen LogP contribution is 2.17. The summed E-state index contributed by atoms with van der Waals surface area (Å²) in [6, 6.07) is 4.79. The standard InChI is InChI=1S/C16H25N3O2.ClH/c1-5-6-13(17)16(21)19-14-8-7-12(9-11(14)4)15(20)18-10(2)3;/h7-10,13H,5-6,17H2,1-4H3,(H,18,20)(H,19,21);1H. The van der Waals surface area contributed by atoms with E-state index in [1.54, 1.807) is 18.2 Å². The van der Waals surface area contributed by atoms with E-state index in [-0.39, 0.29) is 30.3 Å². The average molecular weight is 328 g/mol. The Morgan fingerprint density at radius 3 is 2.41 bits per heavy atom. The quantitative estimate of drug-likeness (QED) is 0.751. The lowest BCUT2D eigenvalue weighted by molar-refractivity contribution is -0.117. The van der Waals surface area contributed by atoms with Crippen LogP contribution in [0, 0.1) is 6.92 Å². The molecule has 0 aliphatic carbocycles. The maximum absolute atomic E-state index is 11.9. The summed E-state index contributed by atoms with van der Waals surface area (Å²) < 4.78 is 0. The Hall–Kier alpha value is -1.59. The van der Waals surface area contributed by atoms with E-state index >= 15 is 0 Å². The topological polar surface area (TPSA) is 84.2 Å². The molecule has 0 aromatic heterocycles. The van der Waals surface area contributed by atoms with E-state index in [1.165, 1.54) is 0 Å². The Morgan fingerprint density at radius 1 is 1.27 bits per heavy atom. The lowest BCUT2D eigenvalue weighted by Crippen LogP contribution is -2.35. The zero-order valence-corrected chi connectivity index (χ0v) is 14.4. The van der Waals surface area contributed by atoms with Gasteiger partial charge in [0.15, 0.2) is 0 Å². The monoisotopic (exact) mass is 327 g/mol. The predicted molar refractivity (Wildman–Crippen MR) is 92.5 cm³/mol. The summed E-state index contributed by atoms with van der Waals surface area (Å²) in [4.78, 5) is 23.8. The molecule has 2 amide bonds. The van der Waals surface area contributed by atoms with Gasteiger partial charge >= 0.3 is 0 Å². The van der Waals surface area contributed by atoms with Gasteiger partial charge in [-0.15, -0.1) is 12.4 Å². The molecule has 0 radical (unpaired) electrons. The fourth-order valence-corrected chi connectivity index (χ4v) is 1.96. The fraction of sp³-hybridized carbons (Fsp3) is 0.500. The molecule has 1 aromatic rings. The fourth-order valence-electron chi connectivity index (χ4n) is 1.96. The first kappa shape index (κ1) is 20.4. The van der Waals surface area contributed by atoms with Gasteiger partial charge in [-0.1, -0.05) is 13.3 Å². The Kier molecular flexibility index (Phi) is 8.75. The van der Waals surface area contributed by atoms with Gasteiger partial charge in [0.25, 0.3) is 5.91 Å². The van der Waals surface area contributed by atoms with Crippen LogP contribution in [-0.4, -0.2) is 23.9 Å². The molecule has 0 bridgehead atoms. The molecule has 22 heavy (non-hydrogen) atoms. The largest absolute Gasteiger partial charge is 0.350 e. The maximum atomic E-state index is 11.9. The number of nitrogens with one attached hydrogen (secondary N) is 2. The minimum Gasteiger partial charge on any atom is -0.350 e. The summed E-state index contributed by atoms with van der Waals surface area (Å²) in [5.41, 5.74) is 7.89. The number of aryl methyl sites for hydroxylation is 1. The van der Waals surface area contributed by atoms with Crippen molar-refractivity contribution in [2.24, 2.45) is 5.73 Å². The highest BCUT2D eigenvalue weighted by molar-refractivity contribution is 5.98. The second kappa shape index (κ2) is 9.43. The van der Waals surface area contributed by atoms with Crippen LogP contribution in [0.3, 0.4) is 0 Å². The third-order valence-corrected chi connectivity index (χ3v) is 3.10. The van der Waals surface area contributed by atoms with Gasteiger partial charge < -0.3 is 16.4 Å². The molecule has 4 N–H and O–H groups in total. The zero-order chi connectivity index (χ0) is 16.0. The van der Waals surface area contributed by atoms with Crippen molar-refractivity contribution in [2.75, 3.05) is 5.32 Å². The summed E-state index contributed by atoms with van der Waals surface area (Å²) in [5.74, 6) is -0.312. The molecular formula is C16H26ClN3O2. The third-order valence-electron chi connectivity index (χ3n) is 3.10. The number of nitrogens with two attached hydrogens (primary N) is 1. The Labute approximate surface area is 138 Å². The van der Waals surface area contributed by atoms with E-state index in [0.29, 0.717) is 17.7 Å². The molecule has 1 aromatic carbocycles. The van der Waals surface area contributed by atoms with Crippen LogP contribution in [0.15, 0.2) is 18.2 Å². The van der Waals surface area contributed by atoms with E-state index in [2.05, 4.69) is 10.6 Å². The van der Waals surface area contributed by atoms with Crippen molar-refractivity contribution in [2.45, 2.75) is 52.6 Å². The van der Waals surface area contributed by atoms with E-state index in [4.69, 9.17) is 5.73 Å². The minimum atomic E-state index is -0.502. The van der Waals surface area contributed by atoms with E-state index in [0.717, 1.165) is 12.0 Å². The first-order chi connectivity index (χ1) is 9.85. The predicted octanol–water partition coefficient (Wildman–Crippen LogP) is 2.62. The molecule has 5 nitrogen and oxygen atoms in total. The summed E-state index contributed by atoms with van der Waals surface area (Å²) >= 11 is 0. The highest BCUT2D eigenvalue weighted by Gasteiger charge is 2.14. The van der Waals surface area contributed by atoms with Gasteiger partial charge in [-0.2, -0.15) is 0 Å². The Bertz CT molecular complexity index is 518. The van der Waals surface area contributed by atoms with Crippen LogP contribution in [0.25, 0.3) is 0 Å². The molecule has 6 heteroatoms. The van der Waals surface area contributed by atoms with Gasteiger partial charge in [-0.05, 0) is 51.0 Å². The summed E-state index contributed by atoms with van der Waals surface area (Å²) in [6.07, 6.45) is 1.52. The van der Waals surface area contributed by atoms with Gasteiger partial charge in [0.1, 0.15) is 0 Å². The second-order valence-corrected chi connectivity index (χ2v) is 5.54. The Morgan fingerprint density at radius 2 is 1.91 bits per heavy atom. The molecule has 1 rings (SSSR count). The number of amides is 2. The van der Waals surface area contributed by atoms with Crippen LogP contribution >= 0.6 is 12.4 Å². The van der Waals surface area contributed by atoms with Crippen LogP contribution in [0.2, 0.25) is 0 Å². The molecule has 124 valence electrons. The number of rotatable bonds is 6. The normalized spacial score (nSPS) is 11.5. The van der Waals surface area contributed by atoms with Crippen LogP contribution in [-0.2, 0) is 4.79 Å². The number of halogens is 1. The summed E-state index contributed by atoms with van der Waals surface area (Å²) in [6.45, 7) is 7.66. The van der Waals surface area contributed by atoms with Crippen LogP contribution in [0.5, 0.6) is 0 Å². The number of carbonyl (C=O) groups is 2. The zero-order valence-electron chi connectivity index (χ0n) is 13.6.